The Balaban J connectivity index is 2.03. The lowest BCUT2D eigenvalue weighted by Crippen LogP contribution is -2.43. The van der Waals surface area contributed by atoms with Gasteiger partial charge in [0.2, 0.25) is 5.44 Å². The maximum atomic E-state index is 12.4. The molecule has 1 aliphatic rings. The molecule has 0 aliphatic carbocycles. The predicted molar refractivity (Wildman–Crippen MR) is 89.3 cm³/mol. The first-order valence-corrected chi connectivity index (χ1v) is 8.28. The number of carbonyl (C=O) groups is 2. The second kappa shape index (κ2) is 6.38. The Hall–Kier alpha value is -1.40. The van der Waals surface area contributed by atoms with Gasteiger partial charge in [-0.2, -0.15) is 0 Å². The van der Waals surface area contributed by atoms with Gasteiger partial charge in [-0.25, -0.2) is 4.79 Å². The highest BCUT2D eigenvalue weighted by molar-refractivity contribution is 8.01. The summed E-state index contributed by atoms with van der Waals surface area (Å²) in [5, 5.41) is 3.27. The lowest BCUT2D eigenvalue weighted by Gasteiger charge is -2.21. The number of hydrogen-bond donors (Lipinski definition) is 1. The Labute approximate surface area is 139 Å². The van der Waals surface area contributed by atoms with Gasteiger partial charge >= 0.3 is 6.09 Å². The van der Waals surface area contributed by atoms with Crippen LogP contribution in [0.5, 0.6) is 0 Å². The van der Waals surface area contributed by atoms with Crippen molar-refractivity contribution in [2.75, 3.05) is 10.8 Å². The molecule has 0 radical (unpaired) electrons. The number of alkyl carbamates (subject to hydrolysis) is 1. The van der Waals surface area contributed by atoms with E-state index in [1.54, 1.807) is 11.0 Å². The van der Waals surface area contributed by atoms with Gasteiger partial charge < -0.3 is 10.1 Å². The third-order valence-corrected chi connectivity index (χ3v) is 4.40. The zero-order chi connectivity index (χ0) is 16.5. The van der Waals surface area contributed by atoms with Crippen LogP contribution in [0.4, 0.5) is 10.5 Å². The van der Waals surface area contributed by atoms with Crippen LogP contribution in [0.1, 0.15) is 26.3 Å². The molecule has 1 heterocycles. The average molecular weight is 343 g/mol. The highest BCUT2D eigenvalue weighted by atomic mass is 35.5. The minimum Gasteiger partial charge on any atom is -0.425 e. The summed E-state index contributed by atoms with van der Waals surface area (Å²) in [6.45, 7) is 7.44. The van der Waals surface area contributed by atoms with Gasteiger partial charge in [-0.1, -0.05) is 29.4 Å². The minimum absolute atomic E-state index is 0.256. The normalized spacial score (nSPS) is 18.5. The van der Waals surface area contributed by atoms with E-state index < -0.39 is 17.1 Å². The summed E-state index contributed by atoms with van der Waals surface area (Å²) in [7, 11) is 0. The Morgan fingerprint density at radius 1 is 1.45 bits per heavy atom. The summed E-state index contributed by atoms with van der Waals surface area (Å²) >= 11 is 7.36. The van der Waals surface area contributed by atoms with Gasteiger partial charge in [0.05, 0.1) is 5.88 Å². The third kappa shape index (κ3) is 4.08. The molecule has 1 aromatic carbocycles. The molecule has 22 heavy (non-hydrogen) atoms. The van der Waals surface area contributed by atoms with Crippen LogP contribution in [0, 0.1) is 6.92 Å². The van der Waals surface area contributed by atoms with Crippen LogP contribution in [-0.4, -0.2) is 28.9 Å². The summed E-state index contributed by atoms with van der Waals surface area (Å²) in [6, 6.07) is 5.43. The van der Waals surface area contributed by atoms with Crippen molar-refractivity contribution < 1.29 is 14.3 Å². The van der Waals surface area contributed by atoms with Gasteiger partial charge in [-0.3, -0.25) is 9.69 Å². The molecule has 1 aliphatic heterocycles. The molecule has 1 aromatic rings. The van der Waals surface area contributed by atoms with Crippen molar-refractivity contribution in [3.05, 3.63) is 28.8 Å². The highest BCUT2D eigenvalue weighted by Crippen LogP contribution is 2.32. The third-order valence-electron chi connectivity index (χ3n) is 2.98. The number of amides is 2. The van der Waals surface area contributed by atoms with Crippen LogP contribution >= 0.6 is 23.4 Å². The minimum atomic E-state index is -0.831. The molecule has 1 fully saturated rings. The molecule has 1 N–H and O–H groups in total. The fourth-order valence-electron chi connectivity index (χ4n) is 1.87. The van der Waals surface area contributed by atoms with Crippen LogP contribution in [-0.2, 0) is 9.53 Å². The summed E-state index contributed by atoms with van der Waals surface area (Å²) in [4.78, 5) is 25.7. The SMILES string of the molecule is Cc1ccc(N2CSC(OC(=O)NC(C)(C)C)C2=O)cc1Cl. The van der Waals surface area contributed by atoms with E-state index in [4.69, 9.17) is 16.3 Å². The molecule has 0 aromatic heterocycles. The van der Waals surface area contributed by atoms with Crippen LogP contribution in [0.2, 0.25) is 5.02 Å². The number of aryl methyl sites for hydroxylation is 1. The van der Waals surface area contributed by atoms with E-state index in [0.717, 1.165) is 5.56 Å². The lowest BCUT2D eigenvalue weighted by atomic mass is 10.1. The van der Waals surface area contributed by atoms with Crippen molar-refractivity contribution in [1.29, 1.82) is 0 Å². The van der Waals surface area contributed by atoms with Gasteiger partial charge in [-0.15, -0.1) is 0 Å². The van der Waals surface area contributed by atoms with Gasteiger partial charge in [0.25, 0.3) is 5.91 Å². The van der Waals surface area contributed by atoms with Gasteiger partial charge in [0, 0.05) is 16.2 Å². The van der Waals surface area contributed by atoms with Crippen molar-refractivity contribution >= 4 is 41.1 Å². The Morgan fingerprint density at radius 2 is 2.14 bits per heavy atom. The molecule has 1 atom stereocenters. The molecule has 120 valence electrons. The predicted octanol–water partition coefficient (Wildman–Crippen LogP) is 3.54. The number of nitrogens with zero attached hydrogens (tertiary/aromatic N) is 1. The summed E-state index contributed by atoms with van der Waals surface area (Å²) in [5.41, 5.74) is 0.410. The smallest absolute Gasteiger partial charge is 0.409 e. The molecule has 0 bridgehead atoms. The number of hydrogen-bond acceptors (Lipinski definition) is 4. The molecular weight excluding hydrogens is 324 g/mol. The fourth-order valence-corrected chi connectivity index (χ4v) is 3.03. The number of benzene rings is 1. The number of carbonyl (C=O) groups excluding carboxylic acids is 2. The lowest BCUT2D eigenvalue weighted by molar-refractivity contribution is -0.122. The number of anilines is 1. The first kappa shape index (κ1) is 17.0. The molecule has 7 heteroatoms. The maximum Gasteiger partial charge on any atom is 0.409 e. The molecule has 1 unspecified atom stereocenters. The monoisotopic (exact) mass is 342 g/mol. The largest absolute Gasteiger partial charge is 0.425 e. The second-order valence-corrected chi connectivity index (χ2v) is 7.53. The van der Waals surface area contributed by atoms with Crippen LogP contribution in [0.3, 0.4) is 0 Å². The maximum absolute atomic E-state index is 12.4. The molecular formula is C15H19ClN2O3S. The van der Waals surface area contributed by atoms with E-state index >= 15 is 0 Å². The van der Waals surface area contributed by atoms with Crippen molar-refractivity contribution in [3.8, 4) is 0 Å². The average Bonchev–Trinajstić information content (AvgIpc) is 2.72. The highest BCUT2D eigenvalue weighted by Gasteiger charge is 2.37. The van der Waals surface area contributed by atoms with Crippen LogP contribution in [0.25, 0.3) is 0 Å². The van der Waals surface area contributed by atoms with Crippen molar-refractivity contribution in [2.45, 2.75) is 38.7 Å². The molecule has 2 rings (SSSR count). The summed E-state index contributed by atoms with van der Waals surface area (Å²) < 4.78 is 5.19. The number of ether oxygens (including phenoxy) is 1. The van der Waals surface area contributed by atoms with E-state index in [2.05, 4.69) is 5.32 Å². The molecule has 0 saturated carbocycles. The van der Waals surface area contributed by atoms with E-state index in [-0.39, 0.29) is 5.91 Å². The van der Waals surface area contributed by atoms with Gasteiger partial charge in [0.1, 0.15) is 0 Å². The van der Waals surface area contributed by atoms with Crippen LogP contribution < -0.4 is 10.2 Å². The molecule has 0 spiro atoms. The Kier molecular flexibility index (Phi) is 4.92. The summed E-state index contributed by atoms with van der Waals surface area (Å²) in [6.07, 6.45) is -0.595. The Bertz CT molecular complexity index is 601. The van der Waals surface area contributed by atoms with Crippen molar-refractivity contribution in [2.24, 2.45) is 0 Å². The summed E-state index contributed by atoms with van der Waals surface area (Å²) in [5.74, 6) is 0.167. The van der Waals surface area contributed by atoms with Gasteiger partial charge in [-0.05, 0) is 45.4 Å². The van der Waals surface area contributed by atoms with E-state index in [9.17, 15) is 9.59 Å². The number of rotatable bonds is 2. The zero-order valence-corrected chi connectivity index (χ0v) is 14.5. The van der Waals surface area contributed by atoms with E-state index in [0.29, 0.717) is 16.6 Å². The van der Waals surface area contributed by atoms with Gasteiger partial charge in [0.15, 0.2) is 0 Å². The number of nitrogens with one attached hydrogen (secondary N) is 1. The van der Waals surface area contributed by atoms with E-state index in [1.807, 2.05) is 39.8 Å². The standard InChI is InChI=1S/C15H19ClN2O3S/c1-9-5-6-10(7-11(9)16)18-8-22-13(12(18)19)21-14(20)17-15(2,3)4/h5-7,13H,8H2,1-4H3,(H,17,20). The first-order valence-electron chi connectivity index (χ1n) is 6.85. The van der Waals surface area contributed by atoms with Crippen molar-refractivity contribution in [1.82, 2.24) is 5.32 Å². The molecule has 5 nitrogen and oxygen atoms in total. The van der Waals surface area contributed by atoms with E-state index in [1.165, 1.54) is 11.8 Å². The second-order valence-electron chi connectivity index (χ2n) is 6.11. The fraction of sp³-hybridized carbons (Fsp3) is 0.467. The molecule has 1 saturated heterocycles. The zero-order valence-electron chi connectivity index (χ0n) is 13.0. The first-order chi connectivity index (χ1) is 10.2. The number of thioether (sulfide) groups is 1. The quantitative estimate of drug-likeness (QED) is 0.893. The topological polar surface area (TPSA) is 58.6 Å². The van der Waals surface area contributed by atoms with Crippen molar-refractivity contribution in [3.63, 3.8) is 0 Å². The Morgan fingerprint density at radius 3 is 2.73 bits per heavy atom. The number of halogens is 1. The molecule has 2 amide bonds. The van der Waals surface area contributed by atoms with Crippen LogP contribution in [0.15, 0.2) is 18.2 Å².